The highest BCUT2D eigenvalue weighted by atomic mass is 127. The quantitative estimate of drug-likeness (QED) is 0.221. The van der Waals surface area contributed by atoms with Crippen LogP contribution in [0.2, 0.25) is 10.0 Å². The third-order valence-corrected chi connectivity index (χ3v) is 3.68. The fourth-order valence-corrected chi connectivity index (χ4v) is 2.07. The van der Waals surface area contributed by atoms with Gasteiger partial charge in [-0.25, -0.2) is 5.43 Å². The molecule has 0 spiro atoms. The van der Waals surface area contributed by atoms with E-state index in [1.807, 2.05) is 72.8 Å². The third kappa shape index (κ3) is 8.03. The van der Waals surface area contributed by atoms with Crippen LogP contribution in [0.15, 0.2) is 65.8 Å². The van der Waals surface area contributed by atoms with Gasteiger partial charge < -0.3 is 5.32 Å². The van der Waals surface area contributed by atoms with E-state index in [4.69, 9.17) is 28.6 Å². The zero-order valence-electron chi connectivity index (χ0n) is 14.0. The van der Waals surface area contributed by atoms with Gasteiger partial charge in [-0.15, -0.1) is 24.0 Å². The van der Waals surface area contributed by atoms with Crippen molar-refractivity contribution in [1.29, 1.82) is 5.41 Å². The Morgan fingerprint density at radius 3 is 1.69 bits per heavy atom. The number of nitrogens with one attached hydrogen (secondary N) is 3. The molecule has 7 heteroatoms. The molecule has 0 bridgehead atoms. The number of nitrogens with zero attached hydrogens (tertiary/aromatic N) is 1. The van der Waals surface area contributed by atoms with Crippen molar-refractivity contribution in [3.8, 4) is 0 Å². The number of rotatable bonds is 5. The van der Waals surface area contributed by atoms with Crippen LogP contribution in [0.3, 0.4) is 0 Å². The summed E-state index contributed by atoms with van der Waals surface area (Å²) in [7, 11) is 1.65. The van der Waals surface area contributed by atoms with Crippen molar-refractivity contribution in [2.75, 3.05) is 7.05 Å². The first kappa shape index (κ1) is 22.2. The van der Waals surface area contributed by atoms with E-state index in [0.29, 0.717) is 15.8 Å². The molecule has 2 rings (SSSR count). The van der Waals surface area contributed by atoms with Crippen LogP contribution < -0.4 is 10.7 Å². The Bertz CT molecular complexity index is 740. The normalized spacial score (nSPS) is 10.4. The standard InChI is InChI=1S/C19H18Cl2N4.HI/c1-23-19(22)25-24-18(12-6-14-2-8-16(20)9-3-14)13-7-15-4-10-17(21)11-5-15;/h2-13H,1H3,(H3,22,23,25);1H. The number of halogens is 3. The molecule has 0 atom stereocenters. The number of allylic oxidation sites excluding steroid dienone is 2. The number of hydrazone groups is 1. The van der Waals surface area contributed by atoms with Crippen LogP contribution in [0.1, 0.15) is 11.1 Å². The fraction of sp³-hybridized carbons (Fsp3) is 0.0526. The maximum atomic E-state index is 7.56. The number of hydrogen-bond acceptors (Lipinski definition) is 2. The average molecular weight is 501 g/mol. The Morgan fingerprint density at radius 2 is 1.31 bits per heavy atom. The van der Waals surface area contributed by atoms with E-state index in [2.05, 4.69) is 15.8 Å². The summed E-state index contributed by atoms with van der Waals surface area (Å²) >= 11 is 11.8. The van der Waals surface area contributed by atoms with Crippen molar-refractivity contribution < 1.29 is 0 Å². The molecule has 0 unspecified atom stereocenters. The number of benzene rings is 2. The summed E-state index contributed by atoms with van der Waals surface area (Å²) < 4.78 is 0. The fourth-order valence-electron chi connectivity index (χ4n) is 1.82. The highest BCUT2D eigenvalue weighted by Gasteiger charge is 1.94. The lowest BCUT2D eigenvalue weighted by molar-refractivity contribution is 0.933. The first-order chi connectivity index (χ1) is 12.1. The lowest BCUT2D eigenvalue weighted by atomic mass is 10.1. The third-order valence-electron chi connectivity index (χ3n) is 3.18. The molecule has 2 aromatic rings. The molecule has 0 aliphatic carbocycles. The van der Waals surface area contributed by atoms with Gasteiger partial charge in [0.25, 0.3) is 0 Å². The Labute approximate surface area is 180 Å². The molecule has 0 radical (unpaired) electrons. The summed E-state index contributed by atoms with van der Waals surface area (Å²) in [6.45, 7) is 0. The van der Waals surface area contributed by atoms with E-state index in [9.17, 15) is 0 Å². The average Bonchev–Trinajstić information content (AvgIpc) is 2.63. The molecule has 0 amide bonds. The van der Waals surface area contributed by atoms with Gasteiger partial charge in [-0.2, -0.15) is 5.10 Å². The topological polar surface area (TPSA) is 60.3 Å². The van der Waals surface area contributed by atoms with Crippen LogP contribution in [0.4, 0.5) is 0 Å². The Balaban J connectivity index is 0.00000338. The second kappa shape index (κ2) is 11.7. The predicted octanol–water partition coefficient (Wildman–Crippen LogP) is 5.44. The number of guanidine groups is 1. The van der Waals surface area contributed by atoms with E-state index in [-0.39, 0.29) is 29.9 Å². The van der Waals surface area contributed by atoms with Gasteiger partial charge in [-0.1, -0.05) is 59.6 Å². The summed E-state index contributed by atoms with van der Waals surface area (Å²) in [4.78, 5) is 0. The van der Waals surface area contributed by atoms with Gasteiger partial charge in [0.15, 0.2) is 0 Å². The van der Waals surface area contributed by atoms with Crippen LogP contribution in [-0.4, -0.2) is 18.7 Å². The molecular formula is C19H19Cl2IN4. The molecule has 0 heterocycles. The van der Waals surface area contributed by atoms with Gasteiger partial charge in [-0.3, -0.25) is 5.41 Å². The first-order valence-electron chi connectivity index (χ1n) is 7.54. The van der Waals surface area contributed by atoms with Crippen molar-refractivity contribution in [2.45, 2.75) is 0 Å². The Morgan fingerprint density at radius 1 is 0.885 bits per heavy atom. The molecule has 2 aromatic carbocycles. The highest BCUT2D eigenvalue weighted by molar-refractivity contribution is 14.0. The zero-order valence-corrected chi connectivity index (χ0v) is 17.9. The van der Waals surface area contributed by atoms with Gasteiger partial charge in [0, 0.05) is 17.1 Å². The Hall–Kier alpha value is -1.83. The molecule has 0 aliphatic rings. The molecule has 26 heavy (non-hydrogen) atoms. The maximum absolute atomic E-state index is 7.56. The van der Waals surface area contributed by atoms with E-state index in [1.54, 1.807) is 7.05 Å². The molecule has 4 nitrogen and oxygen atoms in total. The zero-order chi connectivity index (χ0) is 18.1. The van der Waals surface area contributed by atoms with E-state index >= 15 is 0 Å². The monoisotopic (exact) mass is 500 g/mol. The summed E-state index contributed by atoms with van der Waals surface area (Å²) in [6.07, 6.45) is 7.55. The highest BCUT2D eigenvalue weighted by Crippen LogP contribution is 2.12. The van der Waals surface area contributed by atoms with Crippen molar-refractivity contribution >= 4 is 71.0 Å². The molecule has 0 saturated carbocycles. The lowest BCUT2D eigenvalue weighted by Gasteiger charge is -2.02. The largest absolute Gasteiger partial charge is 0.358 e. The van der Waals surface area contributed by atoms with Crippen LogP contribution in [0.25, 0.3) is 12.2 Å². The molecule has 136 valence electrons. The van der Waals surface area contributed by atoms with Crippen LogP contribution >= 0.6 is 47.2 Å². The SMILES string of the molecule is CNC(=N)NN=C(C=Cc1ccc(Cl)cc1)C=Cc1ccc(Cl)cc1.I. The molecular weight excluding hydrogens is 482 g/mol. The minimum absolute atomic E-state index is 0. The van der Waals surface area contributed by atoms with E-state index in [1.165, 1.54) is 0 Å². The van der Waals surface area contributed by atoms with Gasteiger partial charge in [-0.05, 0) is 47.5 Å². The smallest absolute Gasteiger partial charge is 0.209 e. The van der Waals surface area contributed by atoms with Gasteiger partial charge >= 0.3 is 0 Å². The van der Waals surface area contributed by atoms with Crippen LogP contribution in [0.5, 0.6) is 0 Å². The van der Waals surface area contributed by atoms with Gasteiger partial charge in [0.1, 0.15) is 0 Å². The minimum atomic E-state index is 0. The van der Waals surface area contributed by atoms with Crippen molar-refractivity contribution in [1.82, 2.24) is 10.7 Å². The lowest BCUT2D eigenvalue weighted by Crippen LogP contribution is -2.30. The van der Waals surface area contributed by atoms with Crippen LogP contribution in [0, 0.1) is 5.41 Å². The molecule has 0 fully saturated rings. The van der Waals surface area contributed by atoms with E-state index in [0.717, 1.165) is 11.1 Å². The van der Waals surface area contributed by atoms with Crippen LogP contribution in [-0.2, 0) is 0 Å². The molecule has 3 N–H and O–H groups in total. The van der Waals surface area contributed by atoms with E-state index < -0.39 is 0 Å². The molecule has 0 saturated heterocycles. The summed E-state index contributed by atoms with van der Waals surface area (Å²) in [5, 5.41) is 15.8. The molecule has 0 aromatic heterocycles. The Kier molecular flexibility index (Phi) is 10.0. The second-order valence-electron chi connectivity index (χ2n) is 5.04. The van der Waals surface area contributed by atoms with Crippen molar-refractivity contribution in [2.24, 2.45) is 5.10 Å². The number of hydrogen-bond donors (Lipinski definition) is 3. The summed E-state index contributed by atoms with van der Waals surface area (Å²) in [6, 6.07) is 15.0. The minimum Gasteiger partial charge on any atom is -0.358 e. The predicted molar refractivity (Wildman–Crippen MR) is 124 cm³/mol. The summed E-state index contributed by atoms with van der Waals surface area (Å²) in [5.41, 5.74) is 5.30. The first-order valence-corrected chi connectivity index (χ1v) is 8.30. The maximum Gasteiger partial charge on any atom is 0.209 e. The van der Waals surface area contributed by atoms with Gasteiger partial charge in [0.2, 0.25) is 5.96 Å². The molecule has 0 aliphatic heterocycles. The summed E-state index contributed by atoms with van der Waals surface area (Å²) in [5.74, 6) is 0.109. The van der Waals surface area contributed by atoms with Crippen molar-refractivity contribution in [3.05, 3.63) is 81.9 Å². The van der Waals surface area contributed by atoms with Crippen molar-refractivity contribution in [3.63, 3.8) is 0 Å². The second-order valence-corrected chi connectivity index (χ2v) is 5.92. The van der Waals surface area contributed by atoms with Gasteiger partial charge in [0.05, 0.1) is 5.71 Å².